The fraction of sp³-hybridized carbons (Fsp3) is 0.143. The van der Waals surface area contributed by atoms with Crippen LogP contribution in [0.4, 0.5) is 10.1 Å². The van der Waals surface area contributed by atoms with E-state index >= 15 is 0 Å². The Morgan fingerprint density at radius 2 is 1.88 bits per heavy atom. The fourth-order valence-electron chi connectivity index (χ4n) is 1.53. The van der Waals surface area contributed by atoms with Gasteiger partial charge in [-0.25, -0.2) is 4.39 Å². The maximum Gasteiger partial charge on any atom is 0.123 e. The van der Waals surface area contributed by atoms with Gasteiger partial charge in [0.2, 0.25) is 0 Å². The van der Waals surface area contributed by atoms with Crippen molar-refractivity contribution in [1.29, 1.82) is 0 Å². The summed E-state index contributed by atoms with van der Waals surface area (Å²) < 4.78 is 12.8. The number of pyridine rings is 1. The van der Waals surface area contributed by atoms with Gasteiger partial charge in [0.1, 0.15) is 5.82 Å². The summed E-state index contributed by atoms with van der Waals surface area (Å²) in [5.74, 6) is -0.237. The van der Waals surface area contributed by atoms with Gasteiger partial charge in [-0.3, -0.25) is 9.98 Å². The Balaban J connectivity index is 2.34. The van der Waals surface area contributed by atoms with Crippen molar-refractivity contribution in [2.45, 2.75) is 13.8 Å². The van der Waals surface area contributed by atoms with E-state index in [1.807, 2.05) is 26.0 Å². The summed E-state index contributed by atoms with van der Waals surface area (Å²) in [6.07, 6.45) is 1.74. The van der Waals surface area contributed by atoms with Crippen LogP contribution in [0.15, 0.2) is 47.6 Å². The van der Waals surface area contributed by atoms with Crippen molar-refractivity contribution in [2.75, 3.05) is 0 Å². The minimum Gasteiger partial charge on any atom is -0.259 e. The van der Waals surface area contributed by atoms with Crippen LogP contribution in [-0.2, 0) is 0 Å². The number of halogens is 1. The molecule has 0 aliphatic carbocycles. The van der Waals surface area contributed by atoms with Crippen LogP contribution in [0.5, 0.6) is 0 Å². The predicted molar refractivity (Wildman–Crippen MR) is 67.2 cm³/mol. The highest BCUT2D eigenvalue weighted by molar-refractivity contribution is 6.00. The number of aryl methyl sites for hydroxylation is 1. The van der Waals surface area contributed by atoms with Gasteiger partial charge in [-0.1, -0.05) is 12.1 Å². The number of hydrogen-bond acceptors (Lipinski definition) is 2. The molecule has 3 heteroatoms. The van der Waals surface area contributed by atoms with E-state index in [1.165, 1.54) is 12.1 Å². The SMILES string of the molecule is C/C(=N\c1cccnc1C)c1ccc(F)cc1. The summed E-state index contributed by atoms with van der Waals surface area (Å²) in [6, 6.07) is 10.1. The molecule has 0 fully saturated rings. The monoisotopic (exact) mass is 228 g/mol. The molecule has 1 heterocycles. The molecule has 2 rings (SSSR count). The van der Waals surface area contributed by atoms with E-state index in [2.05, 4.69) is 9.98 Å². The number of aromatic nitrogens is 1. The van der Waals surface area contributed by atoms with Gasteiger partial charge >= 0.3 is 0 Å². The molecule has 2 nitrogen and oxygen atoms in total. The van der Waals surface area contributed by atoms with Gasteiger partial charge in [0, 0.05) is 11.9 Å². The second-order valence-corrected chi connectivity index (χ2v) is 3.81. The van der Waals surface area contributed by atoms with Gasteiger partial charge in [0.05, 0.1) is 11.4 Å². The van der Waals surface area contributed by atoms with E-state index in [1.54, 1.807) is 18.3 Å². The third kappa shape index (κ3) is 2.75. The van der Waals surface area contributed by atoms with Crippen LogP contribution >= 0.6 is 0 Å². The largest absolute Gasteiger partial charge is 0.259 e. The fourth-order valence-corrected chi connectivity index (χ4v) is 1.53. The molecular weight excluding hydrogens is 215 g/mol. The van der Waals surface area contributed by atoms with Crippen molar-refractivity contribution in [3.8, 4) is 0 Å². The molecule has 86 valence electrons. The average molecular weight is 228 g/mol. The maximum atomic E-state index is 12.8. The highest BCUT2D eigenvalue weighted by Crippen LogP contribution is 2.16. The van der Waals surface area contributed by atoms with Gasteiger partial charge in [-0.15, -0.1) is 0 Å². The molecule has 0 bridgehead atoms. The molecule has 0 saturated heterocycles. The van der Waals surface area contributed by atoms with E-state index in [4.69, 9.17) is 0 Å². The molecule has 0 N–H and O–H groups in total. The van der Waals surface area contributed by atoms with Crippen molar-refractivity contribution in [2.24, 2.45) is 4.99 Å². The van der Waals surface area contributed by atoms with Crippen molar-refractivity contribution in [1.82, 2.24) is 4.98 Å². The molecule has 0 atom stereocenters. The van der Waals surface area contributed by atoms with Crippen LogP contribution in [0, 0.1) is 12.7 Å². The molecule has 0 radical (unpaired) electrons. The Labute approximate surface area is 99.9 Å². The van der Waals surface area contributed by atoms with Crippen molar-refractivity contribution in [3.05, 3.63) is 59.7 Å². The highest BCUT2D eigenvalue weighted by Gasteiger charge is 2.00. The zero-order valence-corrected chi connectivity index (χ0v) is 9.81. The second kappa shape index (κ2) is 4.87. The van der Waals surface area contributed by atoms with E-state index in [-0.39, 0.29) is 5.82 Å². The Morgan fingerprint density at radius 1 is 1.18 bits per heavy atom. The Hall–Kier alpha value is -2.03. The Morgan fingerprint density at radius 3 is 2.53 bits per heavy atom. The molecule has 1 aromatic carbocycles. The molecular formula is C14H13FN2. The molecule has 0 spiro atoms. The third-order valence-electron chi connectivity index (χ3n) is 2.53. The molecule has 1 aromatic heterocycles. The normalized spacial score (nSPS) is 11.6. The van der Waals surface area contributed by atoms with Gasteiger partial charge in [0.25, 0.3) is 0 Å². The lowest BCUT2D eigenvalue weighted by Gasteiger charge is -2.02. The molecule has 0 amide bonds. The molecule has 0 saturated carbocycles. The number of hydrogen-bond donors (Lipinski definition) is 0. The lowest BCUT2D eigenvalue weighted by Crippen LogP contribution is -1.94. The van der Waals surface area contributed by atoms with E-state index in [9.17, 15) is 4.39 Å². The van der Waals surface area contributed by atoms with E-state index < -0.39 is 0 Å². The summed E-state index contributed by atoms with van der Waals surface area (Å²) >= 11 is 0. The Kier molecular flexibility index (Phi) is 3.28. The lowest BCUT2D eigenvalue weighted by molar-refractivity contribution is 0.628. The second-order valence-electron chi connectivity index (χ2n) is 3.81. The lowest BCUT2D eigenvalue weighted by atomic mass is 10.1. The minimum absolute atomic E-state index is 0.237. The van der Waals surface area contributed by atoms with Crippen LogP contribution in [0.25, 0.3) is 0 Å². The smallest absolute Gasteiger partial charge is 0.123 e. The predicted octanol–water partition coefficient (Wildman–Crippen LogP) is 3.67. The Bertz CT molecular complexity index is 544. The topological polar surface area (TPSA) is 25.2 Å². The first-order chi connectivity index (χ1) is 8.16. The molecule has 2 aromatic rings. The zero-order valence-electron chi connectivity index (χ0n) is 9.81. The summed E-state index contributed by atoms with van der Waals surface area (Å²) in [4.78, 5) is 8.66. The summed E-state index contributed by atoms with van der Waals surface area (Å²) in [6.45, 7) is 3.82. The standard InChI is InChI=1S/C14H13FN2/c1-10(12-5-7-13(15)8-6-12)17-14-4-3-9-16-11(14)2/h3-9H,1-2H3/b17-10+. The zero-order chi connectivity index (χ0) is 12.3. The van der Waals surface area contributed by atoms with Crippen LogP contribution < -0.4 is 0 Å². The number of rotatable bonds is 2. The summed E-state index contributed by atoms with van der Waals surface area (Å²) in [5.41, 5.74) is 3.49. The molecule has 0 aliphatic heterocycles. The summed E-state index contributed by atoms with van der Waals surface area (Å²) in [7, 11) is 0. The van der Waals surface area contributed by atoms with Gasteiger partial charge in [-0.2, -0.15) is 0 Å². The average Bonchev–Trinajstić information content (AvgIpc) is 2.33. The van der Waals surface area contributed by atoms with Gasteiger partial charge < -0.3 is 0 Å². The van der Waals surface area contributed by atoms with Crippen LogP contribution in [0.1, 0.15) is 18.2 Å². The summed E-state index contributed by atoms with van der Waals surface area (Å²) in [5, 5.41) is 0. The van der Waals surface area contributed by atoms with Crippen molar-refractivity contribution >= 4 is 11.4 Å². The van der Waals surface area contributed by atoms with Crippen LogP contribution in [-0.4, -0.2) is 10.7 Å². The molecule has 0 aliphatic rings. The highest BCUT2D eigenvalue weighted by atomic mass is 19.1. The van der Waals surface area contributed by atoms with Gasteiger partial charge in [-0.05, 0) is 43.7 Å². The molecule has 17 heavy (non-hydrogen) atoms. The minimum atomic E-state index is -0.237. The number of nitrogens with zero attached hydrogens (tertiary/aromatic N) is 2. The first-order valence-corrected chi connectivity index (χ1v) is 5.39. The quantitative estimate of drug-likeness (QED) is 0.720. The number of benzene rings is 1. The third-order valence-corrected chi connectivity index (χ3v) is 2.53. The van der Waals surface area contributed by atoms with Crippen molar-refractivity contribution < 1.29 is 4.39 Å². The first-order valence-electron chi connectivity index (χ1n) is 5.39. The molecule has 0 unspecified atom stereocenters. The van der Waals surface area contributed by atoms with Crippen LogP contribution in [0.2, 0.25) is 0 Å². The van der Waals surface area contributed by atoms with Crippen molar-refractivity contribution in [3.63, 3.8) is 0 Å². The first kappa shape index (κ1) is 11.5. The van der Waals surface area contributed by atoms with E-state index in [0.717, 1.165) is 22.7 Å². The van der Waals surface area contributed by atoms with E-state index in [0.29, 0.717) is 0 Å². The van der Waals surface area contributed by atoms with Gasteiger partial charge in [0.15, 0.2) is 0 Å². The maximum absolute atomic E-state index is 12.8. The van der Waals surface area contributed by atoms with Crippen LogP contribution in [0.3, 0.4) is 0 Å². The number of aliphatic imine (C=N–C) groups is 1.